The number of carbonyl (C=O) groups is 1. The fourth-order valence-corrected chi connectivity index (χ4v) is 2.40. The first-order chi connectivity index (χ1) is 9.60. The molecule has 2 N–H and O–H groups in total. The molecule has 2 rings (SSSR count). The molecule has 1 atom stereocenters. The molecule has 1 heterocycles. The van der Waals surface area contributed by atoms with Gasteiger partial charge in [0.05, 0.1) is 19.8 Å². The zero-order valence-electron chi connectivity index (χ0n) is 11.7. The molecule has 0 saturated carbocycles. The maximum absolute atomic E-state index is 14.0. The van der Waals surface area contributed by atoms with Crippen molar-refractivity contribution in [2.45, 2.75) is 6.42 Å². The lowest BCUT2D eigenvalue weighted by Gasteiger charge is -2.18. The van der Waals surface area contributed by atoms with Crippen molar-refractivity contribution in [1.82, 2.24) is 4.90 Å². The van der Waals surface area contributed by atoms with Crippen LogP contribution in [0.3, 0.4) is 0 Å². The predicted octanol–water partition coefficient (Wildman–Crippen LogP) is 1.26. The molecule has 1 aliphatic rings. The zero-order valence-corrected chi connectivity index (χ0v) is 11.7. The van der Waals surface area contributed by atoms with Crippen LogP contribution in [0.15, 0.2) is 12.1 Å². The number of hydrogen-bond donors (Lipinski definition) is 1. The zero-order chi connectivity index (χ0) is 14.7. The summed E-state index contributed by atoms with van der Waals surface area (Å²) in [5.41, 5.74) is 5.60. The Hall–Kier alpha value is -1.82. The Morgan fingerprint density at radius 1 is 1.40 bits per heavy atom. The van der Waals surface area contributed by atoms with Gasteiger partial charge in [0.2, 0.25) is 0 Å². The van der Waals surface area contributed by atoms with Crippen LogP contribution in [0.2, 0.25) is 0 Å². The van der Waals surface area contributed by atoms with Gasteiger partial charge in [-0.15, -0.1) is 0 Å². The average Bonchev–Trinajstić information content (AvgIpc) is 2.95. The van der Waals surface area contributed by atoms with Crippen LogP contribution >= 0.6 is 0 Å². The molecule has 1 aromatic carbocycles. The van der Waals surface area contributed by atoms with Gasteiger partial charge in [-0.1, -0.05) is 0 Å². The van der Waals surface area contributed by atoms with E-state index in [-0.39, 0.29) is 17.2 Å². The van der Waals surface area contributed by atoms with Crippen molar-refractivity contribution in [2.75, 3.05) is 33.9 Å². The Labute approximate surface area is 117 Å². The minimum atomic E-state index is -0.608. The van der Waals surface area contributed by atoms with Gasteiger partial charge in [0.15, 0.2) is 11.5 Å². The van der Waals surface area contributed by atoms with Crippen molar-refractivity contribution < 1.29 is 18.7 Å². The van der Waals surface area contributed by atoms with Crippen molar-refractivity contribution >= 4 is 5.91 Å². The van der Waals surface area contributed by atoms with Crippen molar-refractivity contribution in [2.24, 2.45) is 11.7 Å². The highest BCUT2D eigenvalue weighted by atomic mass is 19.1. The second-order valence-corrected chi connectivity index (χ2v) is 4.83. The van der Waals surface area contributed by atoms with Crippen LogP contribution in [-0.2, 0) is 0 Å². The monoisotopic (exact) mass is 282 g/mol. The summed E-state index contributed by atoms with van der Waals surface area (Å²) in [7, 11) is 2.87. The maximum Gasteiger partial charge on any atom is 0.256 e. The van der Waals surface area contributed by atoms with E-state index in [1.54, 1.807) is 4.90 Å². The van der Waals surface area contributed by atoms with E-state index in [2.05, 4.69) is 0 Å². The summed E-state index contributed by atoms with van der Waals surface area (Å²) in [6, 6.07) is 2.55. The minimum Gasteiger partial charge on any atom is -0.493 e. The van der Waals surface area contributed by atoms with Gasteiger partial charge < -0.3 is 20.1 Å². The smallest absolute Gasteiger partial charge is 0.256 e. The Kier molecular flexibility index (Phi) is 4.44. The minimum absolute atomic E-state index is 0.000298. The van der Waals surface area contributed by atoms with E-state index in [0.717, 1.165) is 6.42 Å². The third-order valence-corrected chi connectivity index (χ3v) is 3.61. The molecule has 1 aromatic rings. The molecule has 0 aliphatic carbocycles. The summed E-state index contributed by atoms with van der Waals surface area (Å²) in [5, 5.41) is 0. The molecule has 5 nitrogen and oxygen atoms in total. The van der Waals surface area contributed by atoms with E-state index >= 15 is 0 Å². The van der Waals surface area contributed by atoms with Crippen LogP contribution in [0.1, 0.15) is 16.8 Å². The number of nitrogens with two attached hydrogens (primary N) is 1. The van der Waals surface area contributed by atoms with E-state index in [9.17, 15) is 9.18 Å². The van der Waals surface area contributed by atoms with Crippen LogP contribution < -0.4 is 15.2 Å². The van der Waals surface area contributed by atoms with E-state index < -0.39 is 5.82 Å². The van der Waals surface area contributed by atoms with Crippen LogP contribution in [-0.4, -0.2) is 44.7 Å². The van der Waals surface area contributed by atoms with Crippen LogP contribution in [0.25, 0.3) is 0 Å². The third kappa shape index (κ3) is 2.70. The van der Waals surface area contributed by atoms with Crippen molar-refractivity contribution in [3.8, 4) is 11.5 Å². The molecule has 0 spiro atoms. The fourth-order valence-electron chi connectivity index (χ4n) is 2.40. The summed E-state index contributed by atoms with van der Waals surface area (Å²) in [5.74, 6) is -0.0416. The molecule has 0 aromatic heterocycles. The lowest BCUT2D eigenvalue weighted by Crippen LogP contribution is -2.30. The van der Waals surface area contributed by atoms with E-state index in [4.69, 9.17) is 15.2 Å². The lowest BCUT2D eigenvalue weighted by atomic mass is 10.1. The van der Waals surface area contributed by atoms with Crippen LogP contribution in [0.4, 0.5) is 4.39 Å². The standard InChI is InChI=1S/C14H19FN2O3/c1-19-12-5-10(11(15)6-13(12)20-2)14(18)17-4-3-9(7-16)8-17/h5-6,9H,3-4,7-8,16H2,1-2H3/t9-/m0/s1. The summed E-state index contributed by atoms with van der Waals surface area (Å²) in [6.45, 7) is 1.72. The highest BCUT2D eigenvalue weighted by Gasteiger charge is 2.28. The summed E-state index contributed by atoms with van der Waals surface area (Å²) in [4.78, 5) is 14.0. The normalized spacial score (nSPS) is 18.2. The largest absolute Gasteiger partial charge is 0.493 e. The Bertz CT molecular complexity index is 507. The topological polar surface area (TPSA) is 64.8 Å². The molecule has 1 saturated heterocycles. The number of rotatable bonds is 4. The van der Waals surface area contributed by atoms with E-state index in [0.29, 0.717) is 31.3 Å². The molecule has 110 valence electrons. The fraction of sp³-hybridized carbons (Fsp3) is 0.500. The van der Waals surface area contributed by atoms with Gasteiger partial charge in [-0.05, 0) is 24.9 Å². The molecule has 6 heteroatoms. The van der Waals surface area contributed by atoms with Gasteiger partial charge >= 0.3 is 0 Å². The van der Waals surface area contributed by atoms with E-state index in [1.807, 2.05) is 0 Å². The van der Waals surface area contributed by atoms with Gasteiger partial charge in [0.1, 0.15) is 5.82 Å². The Morgan fingerprint density at radius 3 is 2.60 bits per heavy atom. The lowest BCUT2D eigenvalue weighted by molar-refractivity contribution is 0.0782. The van der Waals surface area contributed by atoms with E-state index in [1.165, 1.54) is 26.4 Å². The number of likely N-dealkylation sites (tertiary alicyclic amines) is 1. The second-order valence-electron chi connectivity index (χ2n) is 4.83. The number of ether oxygens (including phenoxy) is 2. The van der Waals surface area contributed by atoms with Crippen molar-refractivity contribution in [3.63, 3.8) is 0 Å². The maximum atomic E-state index is 14.0. The molecule has 1 aliphatic heterocycles. The number of carbonyl (C=O) groups excluding carboxylic acids is 1. The summed E-state index contributed by atoms with van der Waals surface area (Å²) in [6.07, 6.45) is 0.858. The molecule has 0 bridgehead atoms. The van der Waals surface area contributed by atoms with Gasteiger partial charge in [-0.2, -0.15) is 0 Å². The number of methoxy groups -OCH3 is 2. The Morgan fingerprint density at radius 2 is 2.05 bits per heavy atom. The first kappa shape index (κ1) is 14.6. The number of halogens is 1. The first-order valence-corrected chi connectivity index (χ1v) is 6.51. The SMILES string of the molecule is COc1cc(F)c(C(=O)N2CC[C@@H](CN)C2)cc1OC. The second kappa shape index (κ2) is 6.09. The van der Waals surface area contributed by atoms with Crippen LogP contribution in [0, 0.1) is 11.7 Å². The quantitative estimate of drug-likeness (QED) is 0.903. The number of hydrogen-bond acceptors (Lipinski definition) is 4. The molecular weight excluding hydrogens is 263 g/mol. The summed E-state index contributed by atoms with van der Waals surface area (Å²) < 4.78 is 24.1. The van der Waals surface area contributed by atoms with Gasteiger partial charge in [0, 0.05) is 19.2 Å². The number of nitrogens with zero attached hydrogens (tertiary/aromatic N) is 1. The van der Waals surface area contributed by atoms with Gasteiger partial charge in [-0.25, -0.2) is 4.39 Å². The predicted molar refractivity (Wildman–Crippen MR) is 72.6 cm³/mol. The third-order valence-electron chi connectivity index (χ3n) is 3.61. The molecule has 1 amide bonds. The van der Waals surface area contributed by atoms with Gasteiger partial charge in [0.25, 0.3) is 5.91 Å². The highest BCUT2D eigenvalue weighted by molar-refractivity contribution is 5.95. The molecule has 20 heavy (non-hydrogen) atoms. The highest BCUT2D eigenvalue weighted by Crippen LogP contribution is 2.31. The average molecular weight is 282 g/mol. The molecular formula is C14H19FN2O3. The van der Waals surface area contributed by atoms with Crippen molar-refractivity contribution in [1.29, 1.82) is 0 Å². The number of amides is 1. The molecule has 0 radical (unpaired) electrons. The molecule has 1 fully saturated rings. The first-order valence-electron chi connectivity index (χ1n) is 6.51. The van der Waals surface area contributed by atoms with Crippen LogP contribution in [0.5, 0.6) is 11.5 Å². The van der Waals surface area contributed by atoms with Gasteiger partial charge in [-0.3, -0.25) is 4.79 Å². The Balaban J connectivity index is 2.26. The molecule has 0 unspecified atom stereocenters. The number of benzene rings is 1. The summed E-state index contributed by atoms with van der Waals surface area (Å²) >= 11 is 0. The van der Waals surface area contributed by atoms with Crippen molar-refractivity contribution in [3.05, 3.63) is 23.5 Å².